The van der Waals surface area contributed by atoms with Gasteiger partial charge in [0.25, 0.3) is 0 Å². The number of hydrogen-bond donors (Lipinski definition) is 2. The van der Waals surface area contributed by atoms with Crippen LogP contribution in [0.3, 0.4) is 0 Å². The number of likely N-dealkylation sites (tertiary alicyclic amines) is 1. The summed E-state index contributed by atoms with van der Waals surface area (Å²) in [5.74, 6) is 0.703. The number of nitrogens with one attached hydrogen (secondary N) is 1. The lowest BCUT2D eigenvalue weighted by Gasteiger charge is -2.30. The van der Waals surface area contributed by atoms with E-state index in [0.29, 0.717) is 6.54 Å². The first-order chi connectivity index (χ1) is 11.5. The average Bonchev–Trinajstić information content (AvgIpc) is 3.16. The highest BCUT2D eigenvalue weighted by molar-refractivity contribution is 7.91. The summed E-state index contributed by atoms with van der Waals surface area (Å²) in [6.45, 7) is 2.72. The molecule has 3 rings (SSSR count). The minimum absolute atomic E-state index is 0.0174. The van der Waals surface area contributed by atoms with Crippen LogP contribution in [-0.2, 0) is 9.84 Å². The molecular weight excluding hydrogens is 328 g/mol. The molecule has 1 aromatic carbocycles. The maximum atomic E-state index is 11.7. The Bertz CT molecular complexity index is 641. The fourth-order valence-corrected chi connectivity index (χ4v) is 5.40. The Morgan fingerprint density at radius 2 is 1.92 bits per heavy atom. The Morgan fingerprint density at radius 1 is 1.25 bits per heavy atom. The van der Waals surface area contributed by atoms with Gasteiger partial charge in [0.1, 0.15) is 5.75 Å². The molecule has 134 valence electrons. The highest BCUT2D eigenvalue weighted by atomic mass is 32.2. The van der Waals surface area contributed by atoms with Crippen molar-refractivity contribution in [2.45, 2.75) is 31.0 Å². The Hall–Kier alpha value is -1.15. The molecule has 2 saturated heterocycles. The van der Waals surface area contributed by atoms with E-state index in [1.807, 2.05) is 12.1 Å². The molecule has 0 aliphatic carbocycles. The molecule has 2 aliphatic heterocycles. The van der Waals surface area contributed by atoms with Gasteiger partial charge in [-0.1, -0.05) is 12.1 Å². The first-order valence-corrected chi connectivity index (χ1v) is 10.3. The number of aliphatic hydroxyl groups excluding tert-OH is 1. The van der Waals surface area contributed by atoms with Crippen molar-refractivity contribution in [1.29, 1.82) is 0 Å². The fourth-order valence-electron chi connectivity index (χ4n) is 3.62. The minimum Gasteiger partial charge on any atom is -0.497 e. The van der Waals surface area contributed by atoms with E-state index >= 15 is 0 Å². The molecule has 0 spiro atoms. The van der Waals surface area contributed by atoms with Gasteiger partial charge in [0.2, 0.25) is 0 Å². The largest absolute Gasteiger partial charge is 0.497 e. The predicted octanol–water partition coefficient (Wildman–Crippen LogP) is 0.580. The van der Waals surface area contributed by atoms with Crippen LogP contribution in [0.4, 0.5) is 0 Å². The quantitative estimate of drug-likeness (QED) is 0.778. The van der Waals surface area contributed by atoms with E-state index < -0.39 is 15.9 Å². The number of sulfone groups is 1. The van der Waals surface area contributed by atoms with Crippen molar-refractivity contribution in [2.75, 3.05) is 38.2 Å². The van der Waals surface area contributed by atoms with Crippen molar-refractivity contribution in [1.82, 2.24) is 10.2 Å². The third kappa shape index (κ3) is 4.08. The molecule has 1 aromatic rings. The lowest BCUT2D eigenvalue weighted by molar-refractivity contribution is 0.155. The zero-order chi connectivity index (χ0) is 17.2. The van der Waals surface area contributed by atoms with Crippen LogP contribution in [-0.4, -0.2) is 68.8 Å². The van der Waals surface area contributed by atoms with E-state index in [0.717, 1.165) is 18.8 Å². The minimum atomic E-state index is -3.13. The van der Waals surface area contributed by atoms with Crippen molar-refractivity contribution < 1.29 is 18.3 Å². The van der Waals surface area contributed by atoms with Gasteiger partial charge >= 0.3 is 0 Å². The fraction of sp³-hybridized carbons (Fsp3) is 0.647. The third-order valence-corrected chi connectivity index (χ3v) is 6.69. The predicted molar refractivity (Wildman–Crippen MR) is 93.0 cm³/mol. The number of ether oxygens (including phenoxy) is 1. The molecule has 2 aliphatic rings. The molecule has 3 atom stereocenters. The van der Waals surface area contributed by atoms with Crippen molar-refractivity contribution in [3.63, 3.8) is 0 Å². The number of hydrogen-bond acceptors (Lipinski definition) is 6. The normalized spacial score (nSPS) is 28.1. The zero-order valence-electron chi connectivity index (χ0n) is 14.0. The summed E-state index contributed by atoms with van der Waals surface area (Å²) in [5.41, 5.74) is 1.18. The number of rotatable bonds is 6. The standard InChI is InChI=1S/C17H26N2O4S/c1-23-14-6-4-13(5-7-14)16(19-8-2-3-9-19)10-18-15-11-24(21,22)12-17(15)20/h4-7,15-18,20H,2-3,8-12H2,1H3. The molecule has 0 radical (unpaired) electrons. The molecule has 3 unspecified atom stereocenters. The smallest absolute Gasteiger partial charge is 0.154 e. The van der Waals surface area contributed by atoms with E-state index in [4.69, 9.17) is 4.74 Å². The lowest BCUT2D eigenvalue weighted by Crippen LogP contribution is -2.44. The van der Waals surface area contributed by atoms with Gasteiger partial charge < -0.3 is 15.2 Å². The van der Waals surface area contributed by atoms with E-state index in [1.54, 1.807) is 7.11 Å². The number of aliphatic hydroxyl groups is 1. The summed E-state index contributed by atoms with van der Waals surface area (Å²) in [5, 5.41) is 13.3. The Labute approximate surface area is 143 Å². The molecule has 2 fully saturated rings. The van der Waals surface area contributed by atoms with E-state index in [9.17, 15) is 13.5 Å². The maximum Gasteiger partial charge on any atom is 0.154 e. The van der Waals surface area contributed by atoms with Gasteiger partial charge in [0.05, 0.1) is 24.7 Å². The Balaban J connectivity index is 1.70. The van der Waals surface area contributed by atoms with Gasteiger partial charge in [-0.2, -0.15) is 0 Å². The van der Waals surface area contributed by atoms with Crippen LogP contribution in [0.25, 0.3) is 0 Å². The molecule has 6 nitrogen and oxygen atoms in total. The molecule has 0 amide bonds. The van der Waals surface area contributed by atoms with Crippen molar-refractivity contribution in [3.8, 4) is 5.75 Å². The van der Waals surface area contributed by atoms with Gasteiger partial charge in [-0.15, -0.1) is 0 Å². The Morgan fingerprint density at radius 3 is 2.46 bits per heavy atom. The van der Waals surface area contributed by atoms with E-state index in [-0.39, 0.29) is 23.6 Å². The Kier molecular flexibility index (Phi) is 5.44. The van der Waals surface area contributed by atoms with Gasteiger partial charge in [-0.05, 0) is 43.6 Å². The number of nitrogens with zero attached hydrogens (tertiary/aromatic N) is 1. The maximum absolute atomic E-state index is 11.7. The van der Waals surface area contributed by atoms with Crippen LogP contribution >= 0.6 is 0 Å². The molecule has 24 heavy (non-hydrogen) atoms. The highest BCUT2D eigenvalue weighted by Gasteiger charge is 2.37. The first kappa shape index (κ1) is 17.7. The van der Waals surface area contributed by atoms with Gasteiger partial charge in [-0.25, -0.2) is 8.42 Å². The zero-order valence-corrected chi connectivity index (χ0v) is 14.8. The van der Waals surface area contributed by atoms with Gasteiger partial charge in [-0.3, -0.25) is 4.90 Å². The van der Waals surface area contributed by atoms with Gasteiger partial charge in [0, 0.05) is 18.6 Å². The van der Waals surface area contributed by atoms with Crippen LogP contribution in [0.2, 0.25) is 0 Å². The van der Waals surface area contributed by atoms with Crippen LogP contribution in [0, 0.1) is 0 Å². The second-order valence-electron chi connectivity index (χ2n) is 6.69. The molecule has 0 bridgehead atoms. The topological polar surface area (TPSA) is 78.9 Å². The SMILES string of the molecule is COc1ccc(C(CNC2CS(=O)(=O)CC2O)N2CCCC2)cc1. The lowest BCUT2D eigenvalue weighted by atomic mass is 10.0. The first-order valence-electron chi connectivity index (χ1n) is 8.48. The van der Waals surface area contributed by atoms with Crippen LogP contribution < -0.4 is 10.1 Å². The number of methoxy groups -OCH3 is 1. The van der Waals surface area contributed by atoms with Crippen molar-refractivity contribution in [3.05, 3.63) is 29.8 Å². The molecule has 0 aromatic heterocycles. The van der Waals surface area contributed by atoms with E-state index in [2.05, 4.69) is 22.3 Å². The van der Waals surface area contributed by atoms with Crippen LogP contribution in [0.1, 0.15) is 24.4 Å². The summed E-state index contributed by atoms with van der Waals surface area (Å²) in [6, 6.07) is 7.82. The molecule has 2 heterocycles. The van der Waals surface area contributed by atoms with Crippen molar-refractivity contribution >= 4 is 9.84 Å². The summed E-state index contributed by atoms with van der Waals surface area (Å²) in [7, 11) is -1.48. The molecule has 0 saturated carbocycles. The molecular formula is C17H26N2O4S. The van der Waals surface area contributed by atoms with Crippen LogP contribution in [0.15, 0.2) is 24.3 Å². The summed E-state index contributed by atoms with van der Waals surface area (Å²) in [4.78, 5) is 2.42. The highest BCUT2D eigenvalue weighted by Crippen LogP contribution is 2.26. The summed E-state index contributed by atoms with van der Waals surface area (Å²) in [6.07, 6.45) is 1.56. The number of benzene rings is 1. The monoisotopic (exact) mass is 354 g/mol. The summed E-state index contributed by atoms with van der Waals surface area (Å²) >= 11 is 0. The average molecular weight is 354 g/mol. The molecule has 7 heteroatoms. The summed E-state index contributed by atoms with van der Waals surface area (Å²) < 4.78 is 28.6. The van der Waals surface area contributed by atoms with Crippen LogP contribution in [0.5, 0.6) is 5.75 Å². The second-order valence-corrected chi connectivity index (χ2v) is 8.84. The second kappa shape index (κ2) is 7.39. The molecule has 2 N–H and O–H groups in total. The van der Waals surface area contributed by atoms with E-state index in [1.165, 1.54) is 18.4 Å². The van der Waals surface area contributed by atoms with Crippen molar-refractivity contribution in [2.24, 2.45) is 0 Å². The van der Waals surface area contributed by atoms with Gasteiger partial charge in [0.15, 0.2) is 9.84 Å². The third-order valence-electron chi connectivity index (χ3n) is 4.98.